The lowest BCUT2D eigenvalue weighted by atomic mass is 9.83. The number of nitrogens with zero attached hydrogens (tertiary/aromatic N) is 3. The lowest BCUT2D eigenvalue weighted by Crippen LogP contribution is -2.11. The van der Waals surface area contributed by atoms with E-state index in [1.807, 2.05) is 62.5 Å². The van der Waals surface area contributed by atoms with E-state index in [0.717, 1.165) is 66.9 Å². The number of imidazole rings is 1. The Kier molecular flexibility index (Phi) is 9.46. The minimum Gasteiger partial charge on any atom is -0.507 e. The van der Waals surface area contributed by atoms with E-state index >= 15 is 0 Å². The van der Waals surface area contributed by atoms with Gasteiger partial charge in [0, 0.05) is 24.4 Å². The van der Waals surface area contributed by atoms with Gasteiger partial charge in [0.15, 0.2) is 0 Å². The molecule has 59 heavy (non-hydrogen) atoms. The predicted molar refractivity (Wildman–Crippen MR) is 246 cm³/mol. The van der Waals surface area contributed by atoms with E-state index in [-0.39, 0.29) is 11.2 Å². The summed E-state index contributed by atoms with van der Waals surface area (Å²) in [5.74, 6) is -0.120. The van der Waals surface area contributed by atoms with Crippen LogP contribution in [0.4, 0.5) is 0 Å². The first-order chi connectivity index (χ1) is 28.9. The van der Waals surface area contributed by atoms with E-state index in [0.29, 0.717) is 11.4 Å². The maximum Gasteiger partial charge on any atom is 0.149 e. The van der Waals surface area contributed by atoms with Gasteiger partial charge in [-0.2, -0.15) is 0 Å². The van der Waals surface area contributed by atoms with Crippen molar-refractivity contribution in [1.29, 1.82) is 0 Å². The molecular weight excluding hydrogens is 719 g/mol. The van der Waals surface area contributed by atoms with Gasteiger partial charge in [-0.25, -0.2) is 4.98 Å². The number of pyridine rings is 1. The van der Waals surface area contributed by atoms with Crippen molar-refractivity contribution in [1.82, 2.24) is 14.5 Å². The van der Waals surface area contributed by atoms with E-state index in [2.05, 4.69) is 153 Å². The summed E-state index contributed by atoms with van der Waals surface area (Å²) in [7, 11) is 0. The number of aromatic nitrogens is 3. The van der Waals surface area contributed by atoms with Gasteiger partial charge in [-0.15, -0.1) is 0 Å². The third kappa shape index (κ3) is 7.35. The number of aromatic hydroxyl groups is 1. The largest absolute Gasteiger partial charge is 0.507 e. The van der Waals surface area contributed by atoms with Crippen molar-refractivity contribution in [2.75, 3.05) is 0 Å². The van der Waals surface area contributed by atoms with Gasteiger partial charge in [0.1, 0.15) is 11.6 Å². The Hall–Kier alpha value is -7.04. The van der Waals surface area contributed by atoms with Crippen LogP contribution < -0.4 is 0 Å². The van der Waals surface area contributed by atoms with Crippen molar-refractivity contribution >= 4 is 11.0 Å². The average molecular weight is 767 g/mol. The van der Waals surface area contributed by atoms with Crippen LogP contribution in [-0.2, 0) is 5.41 Å². The summed E-state index contributed by atoms with van der Waals surface area (Å²) in [5.41, 5.74) is 15.8. The third-order valence-corrected chi connectivity index (χ3v) is 11.2. The molecule has 0 spiro atoms. The Balaban J connectivity index is 1.21. The van der Waals surface area contributed by atoms with Crippen molar-refractivity contribution in [3.63, 3.8) is 0 Å². The number of para-hydroxylation sites is 2. The zero-order valence-electron chi connectivity index (χ0n) is 35.1. The molecule has 0 aliphatic rings. The minimum absolute atomic E-state index is 0.148. The lowest BCUT2D eigenvalue weighted by Gasteiger charge is -2.22. The average Bonchev–Trinajstić information content (AvgIpc) is 3.66. The van der Waals surface area contributed by atoms with Crippen LogP contribution in [0.3, 0.4) is 0 Å². The smallest absolute Gasteiger partial charge is 0.149 e. The summed E-state index contributed by atoms with van der Waals surface area (Å²) in [6.45, 7) is 10.6. The van der Waals surface area contributed by atoms with E-state index in [1.165, 1.54) is 16.7 Å². The molecule has 0 atom stereocenters. The van der Waals surface area contributed by atoms with Crippen molar-refractivity contribution in [3.8, 4) is 78.6 Å². The molecule has 0 amide bonds. The monoisotopic (exact) mass is 766 g/mol. The molecule has 288 valence electrons. The van der Waals surface area contributed by atoms with Gasteiger partial charge >= 0.3 is 0 Å². The molecule has 2 heterocycles. The van der Waals surface area contributed by atoms with Gasteiger partial charge in [0.25, 0.3) is 0 Å². The van der Waals surface area contributed by atoms with Gasteiger partial charge in [0.05, 0.1) is 22.3 Å². The Morgan fingerprint density at radius 2 is 1.17 bits per heavy atom. The number of phenols is 1. The normalized spacial score (nSPS) is 12.1. The molecule has 9 aromatic rings. The fourth-order valence-electron chi connectivity index (χ4n) is 8.01. The zero-order valence-corrected chi connectivity index (χ0v) is 34.1. The molecule has 0 saturated carbocycles. The van der Waals surface area contributed by atoms with Crippen LogP contribution >= 0.6 is 0 Å². The SMILES string of the molecule is [2H]C(C)(C)c1cc(-n2c(-c3ccccc3O)nc3c(-c4cc(-c5cc(-c6ccc(-c7ccccc7)cc6)ccn5)cc(C(C)(C)C)c4)cccc32)ccc1-c1ccccc1. The van der Waals surface area contributed by atoms with Gasteiger partial charge in [-0.1, -0.05) is 156 Å². The van der Waals surface area contributed by atoms with Crippen molar-refractivity contribution < 1.29 is 6.48 Å². The molecule has 0 aliphatic heterocycles. The summed E-state index contributed by atoms with van der Waals surface area (Å²) in [5, 5.41) is 11.3. The van der Waals surface area contributed by atoms with Crippen LogP contribution in [0, 0.1) is 0 Å². The molecule has 0 radical (unpaired) electrons. The predicted octanol–water partition coefficient (Wildman–Crippen LogP) is 14.5. The first-order valence-electron chi connectivity index (χ1n) is 20.7. The van der Waals surface area contributed by atoms with Crippen molar-refractivity contribution in [2.24, 2.45) is 0 Å². The zero-order chi connectivity index (χ0) is 41.6. The molecule has 0 unspecified atom stereocenters. The molecule has 4 nitrogen and oxygen atoms in total. The highest BCUT2D eigenvalue weighted by Gasteiger charge is 2.23. The van der Waals surface area contributed by atoms with E-state index in [4.69, 9.17) is 9.97 Å². The second-order valence-corrected chi connectivity index (χ2v) is 16.5. The highest BCUT2D eigenvalue weighted by molar-refractivity contribution is 5.97. The molecule has 2 aromatic heterocycles. The summed E-state index contributed by atoms with van der Waals surface area (Å²) in [6, 6.07) is 60.4. The number of benzene rings is 7. The molecule has 0 fully saturated rings. The maximum absolute atomic E-state index is 11.3. The Bertz CT molecular complexity index is 2990. The summed E-state index contributed by atoms with van der Waals surface area (Å²) < 4.78 is 11.4. The number of hydrogen-bond acceptors (Lipinski definition) is 3. The highest BCUT2D eigenvalue weighted by atomic mass is 16.3. The fourth-order valence-corrected chi connectivity index (χ4v) is 8.01. The van der Waals surface area contributed by atoms with Crippen molar-refractivity contribution in [2.45, 2.75) is 45.9 Å². The second kappa shape index (κ2) is 15.4. The molecule has 1 N–H and O–H groups in total. The molecule has 0 aliphatic carbocycles. The van der Waals surface area contributed by atoms with Gasteiger partial charge in [-0.05, 0) is 116 Å². The topological polar surface area (TPSA) is 50.9 Å². The number of rotatable bonds is 8. The molecular formula is C55H47N3O. The van der Waals surface area contributed by atoms with Gasteiger partial charge < -0.3 is 5.11 Å². The number of hydrogen-bond donors (Lipinski definition) is 1. The minimum atomic E-state index is -0.890. The molecule has 7 aromatic carbocycles. The highest BCUT2D eigenvalue weighted by Crippen LogP contribution is 2.41. The van der Waals surface area contributed by atoms with Crippen LogP contribution in [0.5, 0.6) is 5.75 Å². The Labute approximate surface area is 348 Å². The molecule has 0 saturated heterocycles. The summed E-state index contributed by atoms with van der Waals surface area (Å²) in [4.78, 5) is 10.3. The Morgan fingerprint density at radius 1 is 0.542 bits per heavy atom. The van der Waals surface area contributed by atoms with Crippen LogP contribution in [-0.4, -0.2) is 19.6 Å². The van der Waals surface area contributed by atoms with Crippen LogP contribution in [0.1, 0.15) is 53.0 Å². The quantitative estimate of drug-likeness (QED) is 0.168. The summed E-state index contributed by atoms with van der Waals surface area (Å²) >= 11 is 0. The van der Waals surface area contributed by atoms with Crippen LogP contribution in [0.2, 0.25) is 0 Å². The molecule has 4 heteroatoms. The van der Waals surface area contributed by atoms with E-state index in [1.54, 1.807) is 6.07 Å². The fraction of sp³-hybridized carbons (Fsp3) is 0.127. The van der Waals surface area contributed by atoms with Crippen LogP contribution in [0.15, 0.2) is 182 Å². The number of fused-ring (bicyclic) bond motifs is 1. The maximum atomic E-state index is 11.3. The third-order valence-electron chi connectivity index (χ3n) is 11.2. The van der Waals surface area contributed by atoms with Gasteiger partial charge in [-0.3, -0.25) is 9.55 Å². The molecule has 0 bridgehead atoms. The second-order valence-electron chi connectivity index (χ2n) is 16.5. The van der Waals surface area contributed by atoms with E-state index < -0.39 is 5.89 Å². The van der Waals surface area contributed by atoms with E-state index in [9.17, 15) is 6.48 Å². The van der Waals surface area contributed by atoms with Gasteiger partial charge in [0.2, 0.25) is 0 Å². The first-order valence-corrected chi connectivity index (χ1v) is 20.2. The van der Waals surface area contributed by atoms with Crippen molar-refractivity contribution in [3.05, 3.63) is 193 Å². The first kappa shape index (κ1) is 36.3. The summed E-state index contributed by atoms with van der Waals surface area (Å²) in [6.07, 6.45) is 1.90. The Morgan fingerprint density at radius 3 is 1.86 bits per heavy atom. The lowest BCUT2D eigenvalue weighted by molar-refractivity contribution is 0.477. The number of phenolic OH excluding ortho intramolecular Hbond substituents is 1. The standard InChI is InChI=1S/C55H47N3O/c1-36(2)49-35-45(27-28-46(49)40-17-10-7-11-18-40)58-51-21-14-20-47(53(51)57-54(58)48-19-12-13-22-52(48)59)42-31-43(33-44(32-42)55(3,4)5)50-34-41(29-30-56-50)39-25-23-38(24-26-39)37-15-8-6-9-16-37/h6-36,59H,1-5H3/i36D. The van der Waals surface area contributed by atoms with Crippen LogP contribution in [0.25, 0.3) is 83.9 Å². The molecule has 9 rings (SSSR count).